The average molecular weight is 400 g/mol. The van der Waals surface area contributed by atoms with Crippen molar-refractivity contribution in [1.29, 1.82) is 0 Å². The van der Waals surface area contributed by atoms with Crippen LogP contribution in [0.2, 0.25) is 0 Å². The van der Waals surface area contributed by atoms with Gasteiger partial charge < -0.3 is 5.11 Å². The molecule has 1 N–H and O–H groups in total. The molecule has 1 atom stereocenters. The Hall–Kier alpha value is -1.95. The number of benzene rings is 2. The summed E-state index contributed by atoms with van der Waals surface area (Å²) in [4.78, 5) is 15.5. The van der Waals surface area contributed by atoms with Crippen LogP contribution in [0.15, 0.2) is 70.5 Å². The van der Waals surface area contributed by atoms with E-state index in [4.69, 9.17) is 0 Å². The van der Waals surface area contributed by atoms with E-state index in [0.29, 0.717) is 23.2 Å². The predicted octanol–water partition coefficient (Wildman–Crippen LogP) is 4.36. The van der Waals surface area contributed by atoms with Crippen LogP contribution in [0, 0.1) is 0 Å². The second kappa shape index (κ2) is 5.84. The molecule has 3 nitrogen and oxygen atoms in total. The Morgan fingerprint density at radius 1 is 1.00 bits per heavy atom. The first-order valence-electron chi connectivity index (χ1n) is 7.54. The zero-order valence-electron chi connectivity index (χ0n) is 12.6. The van der Waals surface area contributed by atoms with Crippen molar-refractivity contribution in [2.45, 2.75) is 12.3 Å². The molecule has 0 radical (unpaired) electrons. The van der Waals surface area contributed by atoms with E-state index >= 15 is 0 Å². The molecule has 1 aromatic heterocycles. The maximum Gasteiger partial charge on any atom is 0.257 e. The molecule has 0 fully saturated rings. The normalized spacial score (nSPS) is 19.6. The van der Waals surface area contributed by atoms with Crippen molar-refractivity contribution in [3.05, 3.63) is 92.1 Å². The number of carbonyl (C=O) groups excluding carboxylic acids is 1. The van der Waals surface area contributed by atoms with E-state index in [9.17, 15) is 9.90 Å². The van der Waals surface area contributed by atoms with Crippen molar-refractivity contribution in [1.82, 2.24) is 4.90 Å². The van der Waals surface area contributed by atoms with Crippen LogP contribution < -0.4 is 0 Å². The average Bonchev–Trinajstić information content (AvgIpc) is 3.12. The summed E-state index contributed by atoms with van der Waals surface area (Å²) in [6.07, 6.45) is 0. The van der Waals surface area contributed by atoms with Gasteiger partial charge in [-0.1, -0.05) is 48.5 Å². The highest BCUT2D eigenvalue weighted by molar-refractivity contribution is 9.11. The summed E-state index contributed by atoms with van der Waals surface area (Å²) in [7, 11) is 0. The van der Waals surface area contributed by atoms with Gasteiger partial charge in [0.2, 0.25) is 0 Å². The molecule has 0 saturated heterocycles. The fraction of sp³-hybridized carbons (Fsp3) is 0.105. The topological polar surface area (TPSA) is 40.5 Å². The molecule has 4 rings (SSSR count). The number of amides is 1. The minimum Gasteiger partial charge on any atom is -0.363 e. The minimum atomic E-state index is -1.45. The van der Waals surface area contributed by atoms with Gasteiger partial charge in [-0.2, -0.15) is 0 Å². The zero-order chi connectivity index (χ0) is 16.7. The number of rotatable bonds is 3. The van der Waals surface area contributed by atoms with Gasteiger partial charge in [0.05, 0.1) is 10.3 Å². The first-order valence-corrected chi connectivity index (χ1v) is 9.15. The lowest BCUT2D eigenvalue weighted by Crippen LogP contribution is -2.44. The molecule has 0 aliphatic carbocycles. The summed E-state index contributed by atoms with van der Waals surface area (Å²) >= 11 is 5.01. The largest absolute Gasteiger partial charge is 0.363 e. The van der Waals surface area contributed by atoms with Gasteiger partial charge in [-0.05, 0) is 34.1 Å². The van der Waals surface area contributed by atoms with E-state index < -0.39 is 5.72 Å². The standard InChI is InChI=1S/C19H14BrNO2S/c20-17-11-10-14(24-17)12-21-18(22)15-8-4-5-9-16(15)19(21,23)13-6-2-1-3-7-13/h1-11,23H,12H2. The van der Waals surface area contributed by atoms with Gasteiger partial charge in [-0.3, -0.25) is 9.69 Å². The fourth-order valence-corrected chi connectivity index (χ4v) is 4.64. The summed E-state index contributed by atoms with van der Waals surface area (Å²) in [6, 6.07) is 20.6. The summed E-state index contributed by atoms with van der Waals surface area (Å²) < 4.78 is 1.00. The second-order valence-corrected chi connectivity index (χ2v) is 8.23. The minimum absolute atomic E-state index is 0.151. The Morgan fingerprint density at radius 3 is 2.42 bits per heavy atom. The van der Waals surface area contributed by atoms with Gasteiger partial charge in [-0.25, -0.2) is 0 Å². The molecule has 120 valence electrons. The number of aliphatic hydroxyl groups is 1. The summed E-state index contributed by atoms with van der Waals surface area (Å²) in [5, 5.41) is 11.6. The summed E-state index contributed by atoms with van der Waals surface area (Å²) in [6.45, 7) is 0.356. The highest BCUT2D eigenvalue weighted by Crippen LogP contribution is 2.43. The Balaban J connectivity index is 1.86. The third-order valence-corrected chi connectivity index (χ3v) is 5.90. The molecule has 2 heterocycles. The van der Waals surface area contributed by atoms with Gasteiger partial charge in [-0.15, -0.1) is 11.3 Å². The van der Waals surface area contributed by atoms with E-state index in [1.807, 2.05) is 60.7 Å². The highest BCUT2D eigenvalue weighted by Gasteiger charge is 2.49. The van der Waals surface area contributed by atoms with Crippen LogP contribution in [0.1, 0.15) is 26.4 Å². The highest BCUT2D eigenvalue weighted by atomic mass is 79.9. The first-order chi connectivity index (χ1) is 11.6. The van der Waals surface area contributed by atoms with Crippen molar-refractivity contribution in [3.8, 4) is 0 Å². The van der Waals surface area contributed by atoms with Crippen LogP contribution in [0.25, 0.3) is 0 Å². The van der Waals surface area contributed by atoms with E-state index in [0.717, 1.165) is 8.66 Å². The molecule has 2 aromatic carbocycles. The Morgan fingerprint density at radius 2 is 1.71 bits per heavy atom. The lowest BCUT2D eigenvalue weighted by molar-refractivity contribution is -0.0538. The number of fused-ring (bicyclic) bond motifs is 1. The molecule has 0 bridgehead atoms. The lowest BCUT2D eigenvalue weighted by atomic mass is 9.94. The van der Waals surface area contributed by atoms with E-state index in [-0.39, 0.29) is 5.91 Å². The first kappa shape index (κ1) is 15.6. The summed E-state index contributed by atoms with van der Waals surface area (Å²) in [5.41, 5.74) is 0.431. The van der Waals surface area contributed by atoms with E-state index in [1.54, 1.807) is 22.3 Å². The molecule has 1 amide bonds. The molecular formula is C19H14BrNO2S. The third-order valence-electron chi connectivity index (χ3n) is 4.29. The molecule has 0 spiro atoms. The van der Waals surface area contributed by atoms with Gasteiger partial charge in [0.1, 0.15) is 0 Å². The molecule has 1 aliphatic rings. The summed E-state index contributed by atoms with van der Waals surface area (Å²) in [5.74, 6) is -0.151. The number of thiophene rings is 1. The molecule has 5 heteroatoms. The lowest BCUT2D eigenvalue weighted by Gasteiger charge is -2.34. The Labute approximate surface area is 152 Å². The van der Waals surface area contributed by atoms with Gasteiger partial charge in [0.15, 0.2) is 5.72 Å². The monoisotopic (exact) mass is 399 g/mol. The smallest absolute Gasteiger partial charge is 0.257 e. The van der Waals surface area contributed by atoms with Crippen LogP contribution in [-0.2, 0) is 12.3 Å². The van der Waals surface area contributed by atoms with Gasteiger partial charge >= 0.3 is 0 Å². The fourth-order valence-electron chi connectivity index (χ4n) is 3.17. The number of carbonyl (C=O) groups is 1. The maximum atomic E-state index is 13.0. The van der Waals surface area contributed by atoms with Crippen LogP contribution in [-0.4, -0.2) is 15.9 Å². The molecule has 24 heavy (non-hydrogen) atoms. The Bertz CT molecular complexity index is 908. The van der Waals surface area contributed by atoms with Crippen LogP contribution in [0.4, 0.5) is 0 Å². The van der Waals surface area contributed by atoms with Gasteiger partial charge in [0.25, 0.3) is 5.91 Å². The quantitative estimate of drug-likeness (QED) is 0.710. The molecule has 1 aliphatic heterocycles. The van der Waals surface area contributed by atoms with Crippen molar-refractivity contribution in [3.63, 3.8) is 0 Å². The zero-order valence-corrected chi connectivity index (χ0v) is 15.0. The number of hydrogen-bond acceptors (Lipinski definition) is 3. The van der Waals surface area contributed by atoms with Crippen molar-refractivity contribution < 1.29 is 9.90 Å². The number of halogens is 1. The van der Waals surface area contributed by atoms with Crippen LogP contribution in [0.3, 0.4) is 0 Å². The predicted molar refractivity (Wildman–Crippen MR) is 97.8 cm³/mol. The van der Waals surface area contributed by atoms with Crippen LogP contribution >= 0.6 is 27.3 Å². The van der Waals surface area contributed by atoms with E-state index in [2.05, 4.69) is 15.9 Å². The van der Waals surface area contributed by atoms with Crippen molar-refractivity contribution in [2.75, 3.05) is 0 Å². The van der Waals surface area contributed by atoms with Crippen molar-refractivity contribution in [2.24, 2.45) is 0 Å². The second-order valence-electron chi connectivity index (χ2n) is 5.68. The van der Waals surface area contributed by atoms with Crippen molar-refractivity contribution >= 4 is 33.2 Å². The third kappa shape index (κ3) is 2.32. The van der Waals surface area contributed by atoms with Crippen LogP contribution in [0.5, 0.6) is 0 Å². The molecular weight excluding hydrogens is 386 g/mol. The maximum absolute atomic E-state index is 13.0. The molecule has 0 saturated carbocycles. The van der Waals surface area contributed by atoms with Gasteiger partial charge in [0, 0.05) is 21.6 Å². The number of hydrogen-bond donors (Lipinski definition) is 1. The SMILES string of the molecule is O=C1c2ccccc2C(O)(c2ccccc2)N1Cc1ccc(Br)s1. The molecule has 3 aromatic rings. The molecule has 1 unspecified atom stereocenters. The number of nitrogens with zero attached hydrogens (tertiary/aromatic N) is 1. The van der Waals surface area contributed by atoms with E-state index in [1.165, 1.54) is 0 Å². The Kier molecular flexibility index (Phi) is 3.79.